The van der Waals surface area contributed by atoms with E-state index in [1.54, 1.807) is 0 Å². The summed E-state index contributed by atoms with van der Waals surface area (Å²) in [5, 5.41) is 1.34. The van der Waals surface area contributed by atoms with Crippen molar-refractivity contribution in [3.8, 4) is 0 Å². The van der Waals surface area contributed by atoms with Crippen molar-refractivity contribution in [3.05, 3.63) is 48.3 Å². The number of hydrogen-bond acceptors (Lipinski definition) is 2. The zero-order valence-electron chi connectivity index (χ0n) is 17.0. The number of benzene rings is 1. The first-order valence-electron chi connectivity index (χ1n) is 9.77. The predicted molar refractivity (Wildman–Crippen MR) is 114 cm³/mol. The lowest BCUT2D eigenvalue weighted by atomic mass is 9.99. The van der Waals surface area contributed by atoms with Gasteiger partial charge in [-0.25, -0.2) is 0 Å². The third kappa shape index (κ3) is 4.36. The summed E-state index contributed by atoms with van der Waals surface area (Å²) in [6.45, 7) is 12.1. The van der Waals surface area contributed by atoms with Crippen molar-refractivity contribution >= 4 is 16.7 Å². The third-order valence-electron chi connectivity index (χ3n) is 5.04. The molecule has 4 heteroatoms. The summed E-state index contributed by atoms with van der Waals surface area (Å²) in [6.07, 6.45) is 5.53. The van der Waals surface area contributed by atoms with Gasteiger partial charge in [0.05, 0.1) is 6.04 Å². The molecule has 1 fully saturated rings. The molecular formula is C22H34N4. The summed E-state index contributed by atoms with van der Waals surface area (Å²) in [5.74, 6) is 1.11. The Kier molecular flexibility index (Phi) is 7.46. The Balaban J connectivity index is 0.00000117. The molecule has 1 saturated heterocycles. The van der Waals surface area contributed by atoms with E-state index >= 15 is 0 Å². The molecule has 1 aliphatic rings. The number of aromatic amines is 1. The van der Waals surface area contributed by atoms with Crippen molar-refractivity contribution in [1.82, 2.24) is 14.8 Å². The highest BCUT2D eigenvalue weighted by Gasteiger charge is 2.28. The van der Waals surface area contributed by atoms with Crippen LogP contribution in [0.4, 0.5) is 0 Å². The maximum Gasteiger partial charge on any atom is 0.120 e. The molecule has 142 valence electrons. The summed E-state index contributed by atoms with van der Waals surface area (Å²) < 4.78 is 0. The van der Waals surface area contributed by atoms with Gasteiger partial charge in [-0.3, -0.25) is 9.89 Å². The molecule has 26 heavy (non-hydrogen) atoms. The number of fused-ring (bicyclic) bond motifs is 1. The maximum atomic E-state index is 4.56. The molecule has 1 aromatic carbocycles. The van der Waals surface area contributed by atoms with Gasteiger partial charge in [-0.05, 0) is 50.2 Å². The molecule has 0 amide bonds. The van der Waals surface area contributed by atoms with Gasteiger partial charge in [-0.15, -0.1) is 0 Å². The second kappa shape index (κ2) is 9.58. The molecule has 2 heterocycles. The van der Waals surface area contributed by atoms with Crippen LogP contribution >= 0.6 is 0 Å². The second-order valence-electron chi connectivity index (χ2n) is 6.69. The topological polar surface area (TPSA) is 34.6 Å². The molecule has 0 bridgehead atoms. The van der Waals surface area contributed by atoms with Crippen molar-refractivity contribution in [2.24, 2.45) is 4.99 Å². The minimum atomic E-state index is 0.363. The zero-order valence-corrected chi connectivity index (χ0v) is 17.0. The Morgan fingerprint density at radius 1 is 1.38 bits per heavy atom. The lowest BCUT2D eigenvalue weighted by molar-refractivity contribution is 0.177. The van der Waals surface area contributed by atoms with E-state index in [1.807, 2.05) is 34.1 Å². The fourth-order valence-electron chi connectivity index (χ4n) is 3.82. The Morgan fingerprint density at radius 2 is 2.15 bits per heavy atom. The molecule has 1 N–H and O–H groups in total. The van der Waals surface area contributed by atoms with E-state index < -0.39 is 0 Å². The standard InChI is InChI=1S/C20H28N4.C2H6/c1-5-23(4)20(21-3)19-11-6-7-12-24(19)14-16-9-8-10-18-17(16)13-15(2)22-18;1-2/h5,8-10,13,19,22H,1,6-7,11-12,14H2,2-4H3;1-2H3. The number of nitrogens with one attached hydrogen (secondary N) is 1. The van der Waals surface area contributed by atoms with Gasteiger partial charge >= 0.3 is 0 Å². The molecule has 0 radical (unpaired) electrons. The summed E-state index contributed by atoms with van der Waals surface area (Å²) in [6, 6.07) is 9.18. The van der Waals surface area contributed by atoms with E-state index in [4.69, 9.17) is 0 Å². The van der Waals surface area contributed by atoms with Crippen LogP contribution in [0.1, 0.15) is 44.4 Å². The molecule has 1 aliphatic heterocycles. The largest absolute Gasteiger partial charge is 0.359 e. The first-order chi connectivity index (χ1) is 12.6. The molecule has 1 aromatic heterocycles. The second-order valence-corrected chi connectivity index (χ2v) is 6.69. The first kappa shape index (κ1) is 20.2. The molecule has 0 saturated carbocycles. The van der Waals surface area contributed by atoms with Gasteiger partial charge in [-0.1, -0.05) is 39.0 Å². The number of H-pyrrole nitrogens is 1. The number of amidine groups is 1. The van der Waals surface area contributed by atoms with Crippen LogP contribution in [0.25, 0.3) is 10.9 Å². The average molecular weight is 355 g/mol. The van der Waals surface area contributed by atoms with Crippen molar-refractivity contribution in [3.63, 3.8) is 0 Å². The van der Waals surface area contributed by atoms with E-state index in [1.165, 1.54) is 35.0 Å². The highest BCUT2D eigenvalue weighted by Crippen LogP contribution is 2.26. The van der Waals surface area contributed by atoms with E-state index in [9.17, 15) is 0 Å². The third-order valence-corrected chi connectivity index (χ3v) is 5.04. The fraction of sp³-hybridized carbons (Fsp3) is 0.500. The SMILES string of the molecule is C=CN(C)C(=NC)C1CCCCN1Cc1cccc2[nH]c(C)cc12.CC. The van der Waals surface area contributed by atoms with Crippen LogP contribution in [-0.4, -0.2) is 47.3 Å². The van der Waals surface area contributed by atoms with Crippen molar-refractivity contribution in [1.29, 1.82) is 0 Å². The fourth-order valence-corrected chi connectivity index (χ4v) is 3.82. The van der Waals surface area contributed by atoms with Crippen molar-refractivity contribution in [2.75, 3.05) is 20.6 Å². The predicted octanol–water partition coefficient (Wildman–Crippen LogP) is 4.96. The van der Waals surface area contributed by atoms with Crippen LogP contribution in [-0.2, 0) is 6.54 Å². The van der Waals surface area contributed by atoms with Gasteiger partial charge in [0, 0.05) is 37.2 Å². The lowest BCUT2D eigenvalue weighted by Gasteiger charge is -2.38. The minimum Gasteiger partial charge on any atom is -0.359 e. The van der Waals surface area contributed by atoms with Crippen molar-refractivity contribution < 1.29 is 0 Å². The highest BCUT2D eigenvalue weighted by molar-refractivity contribution is 5.88. The summed E-state index contributed by atoms with van der Waals surface area (Å²) in [4.78, 5) is 12.6. The lowest BCUT2D eigenvalue weighted by Crippen LogP contribution is -2.48. The smallest absolute Gasteiger partial charge is 0.120 e. The molecule has 4 nitrogen and oxygen atoms in total. The summed E-state index contributed by atoms with van der Waals surface area (Å²) in [5.41, 5.74) is 3.83. The van der Waals surface area contributed by atoms with E-state index in [2.05, 4.69) is 57.5 Å². The Bertz CT molecular complexity index is 744. The molecular weight excluding hydrogens is 320 g/mol. The number of likely N-dealkylation sites (N-methyl/N-ethyl adjacent to an activating group) is 1. The number of aryl methyl sites for hydroxylation is 1. The number of hydrogen-bond donors (Lipinski definition) is 1. The van der Waals surface area contributed by atoms with Gasteiger partial charge in [-0.2, -0.15) is 0 Å². The van der Waals surface area contributed by atoms with Crippen LogP contribution in [0.5, 0.6) is 0 Å². The minimum absolute atomic E-state index is 0.363. The Labute approximate surface area is 158 Å². The number of aromatic nitrogens is 1. The van der Waals surface area contributed by atoms with Crippen LogP contribution in [0.2, 0.25) is 0 Å². The molecule has 0 aliphatic carbocycles. The average Bonchev–Trinajstić information content (AvgIpc) is 3.06. The van der Waals surface area contributed by atoms with E-state index in [-0.39, 0.29) is 0 Å². The molecule has 0 spiro atoms. The molecule has 3 rings (SSSR count). The number of likely N-dealkylation sites (tertiary alicyclic amines) is 1. The van der Waals surface area contributed by atoms with Crippen molar-refractivity contribution in [2.45, 2.75) is 52.6 Å². The van der Waals surface area contributed by atoms with Gasteiger partial charge in [0.2, 0.25) is 0 Å². The molecule has 2 aromatic rings. The van der Waals surface area contributed by atoms with E-state index in [0.29, 0.717) is 6.04 Å². The Hall–Kier alpha value is -2.07. The molecule has 1 atom stereocenters. The molecule has 1 unspecified atom stereocenters. The van der Waals surface area contributed by atoms with Crippen LogP contribution in [0.15, 0.2) is 42.0 Å². The quantitative estimate of drug-likeness (QED) is 0.622. The number of rotatable bonds is 4. The summed E-state index contributed by atoms with van der Waals surface area (Å²) in [7, 11) is 3.93. The van der Waals surface area contributed by atoms with E-state index in [0.717, 1.165) is 25.3 Å². The zero-order chi connectivity index (χ0) is 19.1. The summed E-state index contributed by atoms with van der Waals surface area (Å²) >= 11 is 0. The van der Waals surface area contributed by atoms with Gasteiger partial charge in [0.1, 0.15) is 5.84 Å². The van der Waals surface area contributed by atoms with Gasteiger partial charge in [0.15, 0.2) is 0 Å². The normalized spacial score (nSPS) is 18.3. The first-order valence-corrected chi connectivity index (χ1v) is 9.77. The van der Waals surface area contributed by atoms with Crippen LogP contribution < -0.4 is 0 Å². The van der Waals surface area contributed by atoms with Crippen LogP contribution in [0, 0.1) is 6.92 Å². The van der Waals surface area contributed by atoms with Gasteiger partial charge in [0.25, 0.3) is 0 Å². The monoisotopic (exact) mass is 354 g/mol. The number of piperidine rings is 1. The maximum absolute atomic E-state index is 4.56. The highest BCUT2D eigenvalue weighted by atomic mass is 15.2. The number of aliphatic imine (C=N–C) groups is 1. The number of nitrogens with zero attached hydrogens (tertiary/aromatic N) is 3. The van der Waals surface area contributed by atoms with Gasteiger partial charge < -0.3 is 9.88 Å². The van der Waals surface area contributed by atoms with Crippen LogP contribution in [0.3, 0.4) is 0 Å². The Morgan fingerprint density at radius 3 is 2.85 bits per heavy atom.